The van der Waals surface area contributed by atoms with Gasteiger partial charge in [-0.2, -0.15) is 0 Å². The Labute approximate surface area is 134 Å². The normalized spacial score (nSPS) is 23.2. The second kappa shape index (κ2) is 5.57. The van der Waals surface area contributed by atoms with E-state index in [-0.39, 0.29) is 5.91 Å². The van der Waals surface area contributed by atoms with Gasteiger partial charge in [0.05, 0.1) is 6.20 Å². The summed E-state index contributed by atoms with van der Waals surface area (Å²) in [5.74, 6) is 1.71. The second-order valence-corrected chi connectivity index (χ2v) is 6.29. The molecule has 0 saturated carbocycles. The van der Waals surface area contributed by atoms with Gasteiger partial charge in [-0.05, 0) is 12.5 Å². The summed E-state index contributed by atoms with van der Waals surface area (Å²) in [6, 6.07) is 0. The van der Waals surface area contributed by atoms with Crippen molar-refractivity contribution in [2.45, 2.75) is 6.92 Å². The van der Waals surface area contributed by atoms with E-state index in [1.165, 1.54) is 6.20 Å². The largest absolute Gasteiger partial charge is 0.340 e. The molecule has 4 rings (SSSR count). The van der Waals surface area contributed by atoms with E-state index in [0.29, 0.717) is 17.5 Å². The summed E-state index contributed by atoms with van der Waals surface area (Å²) in [5, 5.41) is 0. The lowest BCUT2D eigenvalue weighted by Crippen LogP contribution is -2.34. The van der Waals surface area contributed by atoms with Gasteiger partial charge in [0.15, 0.2) is 0 Å². The van der Waals surface area contributed by atoms with E-state index in [9.17, 15) is 4.79 Å². The van der Waals surface area contributed by atoms with Gasteiger partial charge in [0.1, 0.15) is 5.69 Å². The summed E-state index contributed by atoms with van der Waals surface area (Å²) in [5.41, 5.74) is 1.49. The molecule has 2 atom stereocenters. The number of anilines is 1. The first-order chi connectivity index (χ1) is 11.2. The highest BCUT2D eigenvalue weighted by atomic mass is 16.2. The number of carbonyl (C=O) groups is 1. The number of nitrogens with zero attached hydrogens (tertiary/aromatic N) is 6. The molecule has 2 saturated heterocycles. The highest BCUT2D eigenvalue weighted by molar-refractivity contribution is 5.92. The van der Waals surface area contributed by atoms with E-state index in [1.807, 2.05) is 24.2 Å². The molecule has 0 bridgehead atoms. The maximum absolute atomic E-state index is 12.5. The van der Waals surface area contributed by atoms with E-state index >= 15 is 0 Å². The molecule has 0 unspecified atom stereocenters. The minimum atomic E-state index is -0.0226. The standard InChI is InChI=1S/C16H18N6O/c1-11-4-19-16(20-5-11)22-9-12-7-21(8-13(12)10-22)15(23)14-6-17-2-3-18-14/h2-6,12-13H,7-10H2,1H3/t12-,13+. The molecule has 7 heteroatoms. The first kappa shape index (κ1) is 14.0. The van der Waals surface area contributed by atoms with Gasteiger partial charge in [-0.15, -0.1) is 0 Å². The average molecular weight is 310 g/mol. The van der Waals surface area contributed by atoms with Crippen LogP contribution in [0.5, 0.6) is 0 Å². The molecule has 7 nitrogen and oxygen atoms in total. The first-order valence-corrected chi connectivity index (χ1v) is 7.79. The molecule has 23 heavy (non-hydrogen) atoms. The smallest absolute Gasteiger partial charge is 0.274 e. The van der Waals surface area contributed by atoms with Crippen LogP contribution in [0.4, 0.5) is 5.95 Å². The lowest BCUT2D eigenvalue weighted by molar-refractivity contribution is 0.0776. The van der Waals surface area contributed by atoms with Crippen molar-refractivity contribution in [1.82, 2.24) is 24.8 Å². The molecule has 0 aliphatic carbocycles. The van der Waals surface area contributed by atoms with Gasteiger partial charge in [0.2, 0.25) is 5.95 Å². The molecule has 0 aromatic carbocycles. The van der Waals surface area contributed by atoms with Gasteiger partial charge in [0, 0.05) is 62.8 Å². The van der Waals surface area contributed by atoms with Crippen LogP contribution < -0.4 is 4.90 Å². The summed E-state index contributed by atoms with van der Waals surface area (Å²) in [6.07, 6.45) is 8.36. The summed E-state index contributed by atoms with van der Waals surface area (Å²) in [7, 11) is 0. The molecule has 118 valence electrons. The molecule has 2 aliphatic rings. The predicted octanol–water partition coefficient (Wildman–Crippen LogP) is 0.783. The Bertz CT molecular complexity index is 690. The van der Waals surface area contributed by atoms with E-state index in [2.05, 4.69) is 24.8 Å². The minimum absolute atomic E-state index is 0.0226. The van der Waals surface area contributed by atoms with Crippen LogP contribution in [-0.2, 0) is 0 Å². The average Bonchev–Trinajstić information content (AvgIpc) is 3.14. The summed E-state index contributed by atoms with van der Waals surface area (Å²) >= 11 is 0. The van der Waals surface area contributed by atoms with Crippen molar-refractivity contribution in [2.75, 3.05) is 31.1 Å². The molecule has 0 spiro atoms. The fourth-order valence-electron chi connectivity index (χ4n) is 3.44. The van der Waals surface area contributed by atoms with Crippen LogP contribution in [-0.4, -0.2) is 56.9 Å². The van der Waals surface area contributed by atoms with Crippen LogP contribution in [0.1, 0.15) is 16.1 Å². The fourth-order valence-corrected chi connectivity index (χ4v) is 3.44. The Balaban J connectivity index is 1.42. The number of carbonyl (C=O) groups excluding carboxylic acids is 1. The monoisotopic (exact) mass is 310 g/mol. The van der Waals surface area contributed by atoms with Crippen molar-refractivity contribution >= 4 is 11.9 Å². The number of aromatic nitrogens is 4. The second-order valence-electron chi connectivity index (χ2n) is 6.29. The third kappa shape index (κ3) is 2.62. The summed E-state index contributed by atoms with van der Waals surface area (Å²) in [6.45, 7) is 5.32. The molecular weight excluding hydrogens is 292 g/mol. The topological polar surface area (TPSA) is 75.1 Å². The zero-order valence-electron chi connectivity index (χ0n) is 13.0. The van der Waals surface area contributed by atoms with Crippen molar-refractivity contribution in [3.63, 3.8) is 0 Å². The molecule has 2 aromatic rings. The van der Waals surface area contributed by atoms with E-state index in [4.69, 9.17) is 0 Å². The van der Waals surface area contributed by atoms with E-state index in [1.54, 1.807) is 12.4 Å². The Morgan fingerprint density at radius 3 is 2.30 bits per heavy atom. The van der Waals surface area contributed by atoms with Gasteiger partial charge in [-0.25, -0.2) is 15.0 Å². The van der Waals surface area contributed by atoms with Crippen LogP contribution in [0.3, 0.4) is 0 Å². The number of rotatable bonds is 2. The summed E-state index contributed by atoms with van der Waals surface area (Å²) < 4.78 is 0. The quantitative estimate of drug-likeness (QED) is 0.816. The number of aryl methyl sites for hydroxylation is 1. The Morgan fingerprint density at radius 2 is 1.70 bits per heavy atom. The molecule has 0 radical (unpaired) electrons. The first-order valence-electron chi connectivity index (χ1n) is 7.79. The Kier molecular flexibility index (Phi) is 3.40. The minimum Gasteiger partial charge on any atom is -0.340 e. The number of fused-ring (bicyclic) bond motifs is 1. The molecule has 2 aliphatic heterocycles. The maximum Gasteiger partial charge on any atom is 0.274 e. The van der Waals surface area contributed by atoms with E-state index in [0.717, 1.165) is 37.7 Å². The maximum atomic E-state index is 12.5. The summed E-state index contributed by atoms with van der Waals surface area (Å²) in [4.78, 5) is 33.5. The number of hydrogen-bond acceptors (Lipinski definition) is 6. The lowest BCUT2D eigenvalue weighted by atomic mass is 10.0. The van der Waals surface area contributed by atoms with Gasteiger partial charge in [0.25, 0.3) is 5.91 Å². The zero-order chi connectivity index (χ0) is 15.8. The van der Waals surface area contributed by atoms with Crippen LogP contribution in [0.15, 0.2) is 31.0 Å². The van der Waals surface area contributed by atoms with Crippen molar-refractivity contribution in [2.24, 2.45) is 11.8 Å². The number of likely N-dealkylation sites (tertiary alicyclic amines) is 1. The van der Waals surface area contributed by atoms with Crippen LogP contribution in [0.2, 0.25) is 0 Å². The highest BCUT2D eigenvalue weighted by Gasteiger charge is 2.42. The third-order valence-corrected chi connectivity index (χ3v) is 4.61. The number of hydrogen-bond donors (Lipinski definition) is 0. The van der Waals surface area contributed by atoms with Gasteiger partial charge in [-0.3, -0.25) is 9.78 Å². The molecule has 0 N–H and O–H groups in total. The van der Waals surface area contributed by atoms with Gasteiger partial charge < -0.3 is 9.80 Å². The van der Waals surface area contributed by atoms with Crippen molar-refractivity contribution < 1.29 is 4.79 Å². The van der Waals surface area contributed by atoms with Crippen molar-refractivity contribution in [3.8, 4) is 0 Å². The Hall–Kier alpha value is -2.57. The van der Waals surface area contributed by atoms with E-state index < -0.39 is 0 Å². The fraction of sp³-hybridized carbons (Fsp3) is 0.438. The zero-order valence-corrected chi connectivity index (χ0v) is 13.0. The SMILES string of the molecule is Cc1cnc(N2C[C@H]3CN(C(=O)c4cnccn4)C[C@H]3C2)nc1. The molecular formula is C16H18N6O. The van der Waals surface area contributed by atoms with Gasteiger partial charge in [-0.1, -0.05) is 0 Å². The van der Waals surface area contributed by atoms with Crippen molar-refractivity contribution in [1.29, 1.82) is 0 Å². The predicted molar refractivity (Wildman–Crippen MR) is 83.9 cm³/mol. The van der Waals surface area contributed by atoms with Crippen LogP contribution in [0.25, 0.3) is 0 Å². The van der Waals surface area contributed by atoms with Crippen LogP contribution >= 0.6 is 0 Å². The highest BCUT2D eigenvalue weighted by Crippen LogP contribution is 2.33. The van der Waals surface area contributed by atoms with Crippen LogP contribution in [0, 0.1) is 18.8 Å². The van der Waals surface area contributed by atoms with Gasteiger partial charge >= 0.3 is 0 Å². The van der Waals surface area contributed by atoms with Crippen molar-refractivity contribution in [3.05, 3.63) is 42.2 Å². The molecule has 1 amide bonds. The molecule has 2 fully saturated rings. The molecule has 4 heterocycles. The third-order valence-electron chi connectivity index (χ3n) is 4.61. The number of amides is 1. The lowest BCUT2D eigenvalue weighted by Gasteiger charge is -2.21. The molecule has 2 aromatic heterocycles. The Morgan fingerprint density at radius 1 is 1.00 bits per heavy atom.